The second-order valence-corrected chi connectivity index (χ2v) is 11.4. The Morgan fingerprint density at radius 1 is 0.926 bits per heavy atom. The van der Waals surface area contributed by atoms with Gasteiger partial charge in [-0.1, -0.05) is 19.9 Å². The first kappa shape index (κ1) is 20.7. The number of nitrogens with zero attached hydrogens (tertiary/aromatic N) is 2. The van der Waals surface area contributed by atoms with Gasteiger partial charge in [-0.05, 0) is 82.7 Å². The van der Waals surface area contributed by atoms with Crippen molar-refractivity contribution in [2.24, 2.45) is 11.8 Å². The summed E-state index contributed by atoms with van der Waals surface area (Å²) >= 11 is 0. The summed E-state index contributed by atoms with van der Waals surface area (Å²) in [5.41, 5.74) is 1.05. The highest BCUT2D eigenvalue weighted by molar-refractivity contribution is 7.92. The number of hydrogen-bond donors (Lipinski definition) is 0. The van der Waals surface area contributed by atoms with Gasteiger partial charge in [-0.25, -0.2) is 8.42 Å². The van der Waals surface area contributed by atoms with Crippen LogP contribution in [0.2, 0.25) is 0 Å². The number of likely N-dealkylation sites (tertiary alicyclic amines) is 1. The van der Waals surface area contributed by atoms with E-state index in [1.54, 1.807) is 19.9 Å². The summed E-state index contributed by atoms with van der Waals surface area (Å²) in [4.78, 5) is 5.51. The molecule has 0 saturated carbocycles. The average molecular weight is 393 g/mol. The quantitative estimate of drug-likeness (QED) is 0.753. The molecule has 0 amide bonds. The molecular formula is C22H36N2O2S. The van der Waals surface area contributed by atoms with Gasteiger partial charge in [0.15, 0.2) is 9.84 Å². The number of benzene rings is 1. The highest BCUT2D eigenvalue weighted by atomic mass is 32.2. The first-order valence-corrected chi connectivity index (χ1v) is 12.2. The van der Waals surface area contributed by atoms with Crippen molar-refractivity contribution in [2.75, 3.05) is 31.1 Å². The Morgan fingerprint density at radius 2 is 1.56 bits per heavy atom. The van der Waals surface area contributed by atoms with Gasteiger partial charge in [-0.2, -0.15) is 0 Å². The fraction of sp³-hybridized carbons (Fsp3) is 0.727. The van der Waals surface area contributed by atoms with Crippen molar-refractivity contribution in [2.45, 2.75) is 69.6 Å². The first-order valence-electron chi connectivity index (χ1n) is 10.6. The fourth-order valence-electron chi connectivity index (χ4n) is 4.57. The summed E-state index contributed by atoms with van der Waals surface area (Å²) in [6.07, 6.45) is 5.03. The third-order valence-electron chi connectivity index (χ3n) is 6.63. The second kappa shape index (κ2) is 8.52. The van der Waals surface area contributed by atoms with Gasteiger partial charge in [0.25, 0.3) is 0 Å². The molecule has 0 spiro atoms. The molecule has 0 N–H and O–H groups in total. The van der Waals surface area contributed by atoms with Crippen LogP contribution < -0.4 is 4.90 Å². The molecule has 3 rings (SSSR count). The Labute approximate surface area is 165 Å². The van der Waals surface area contributed by atoms with Crippen molar-refractivity contribution in [1.82, 2.24) is 4.90 Å². The van der Waals surface area contributed by atoms with Crippen LogP contribution in [0.1, 0.15) is 53.4 Å². The Balaban J connectivity index is 1.59. The van der Waals surface area contributed by atoms with Crippen LogP contribution in [-0.4, -0.2) is 50.8 Å². The van der Waals surface area contributed by atoms with E-state index in [1.165, 1.54) is 38.8 Å². The zero-order valence-corrected chi connectivity index (χ0v) is 18.2. The lowest BCUT2D eigenvalue weighted by Crippen LogP contribution is -2.48. The predicted molar refractivity (Wildman–Crippen MR) is 113 cm³/mol. The van der Waals surface area contributed by atoms with Gasteiger partial charge in [0.05, 0.1) is 10.1 Å². The highest BCUT2D eigenvalue weighted by Gasteiger charge is 2.29. The number of hydrogen-bond acceptors (Lipinski definition) is 4. The zero-order chi connectivity index (χ0) is 19.6. The van der Waals surface area contributed by atoms with Gasteiger partial charge in [0, 0.05) is 24.8 Å². The minimum atomic E-state index is -3.21. The van der Waals surface area contributed by atoms with Crippen molar-refractivity contribution in [1.29, 1.82) is 0 Å². The number of anilines is 1. The molecule has 1 aromatic rings. The molecule has 5 heteroatoms. The van der Waals surface area contributed by atoms with Crippen molar-refractivity contribution >= 4 is 15.5 Å². The minimum absolute atomic E-state index is 0.382. The third kappa shape index (κ3) is 4.68. The van der Waals surface area contributed by atoms with Gasteiger partial charge < -0.3 is 9.80 Å². The summed E-state index contributed by atoms with van der Waals surface area (Å²) in [5, 5.41) is -0.382. The van der Waals surface area contributed by atoms with Crippen LogP contribution in [0.5, 0.6) is 0 Å². The number of piperidine rings is 2. The average Bonchev–Trinajstić information content (AvgIpc) is 2.68. The maximum absolute atomic E-state index is 12.5. The van der Waals surface area contributed by atoms with Crippen LogP contribution in [0, 0.1) is 11.8 Å². The molecule has 152 valence electrons. The summed E-state index contributed by atoms with van der Waals surface area (Å²) in [7, 11) is -3.21. The fourth-order valence-corrected chi connectivity index (χ4v) is 5.67. The molecule has 4 nitrogen and oxygen atoms in total. The van der Waals surface area contributed by atoms with E-state index < -0.39 is 9.84 Å². The summed E-state index contributed by atoms with van der Waals surface area (Å²) in [6.45, 7) is 12.7. The van der Waals surface area contributed by atoms with Gasteiger partial charge >= 0.3 is 0 Å². The third-order valence-corrected chi connectivity index (χ3v) is 8.78. The Morgan fingerprint density at radius 3 is 2.11 bits per heavy atom. The summed E-state index contributed by atoms with van der Waals surface area (Å²) in [5.74, 6) is 1.70. The lowest BCUT2D eigenvalue weighted by atomic mass is 9.85. The van der Waals surface area contributed by atoms with Crippen LogP contribution in [0.4, 0.5) is 5.69 Å². The van der Waals surface area contributed by atoms with Crippen LogP contribution in [0.3, 0.4) is 0 Å². The first-order chi connectivity index (χ1) is 12.8. The summed E-state index contributed by atoms with van der Waals surface area (Å²) < 4.78 is 24.9. The van der Waals surface area contributed by atoms with Crippen LogP contribution in [0.15, 0.2) is 29.2 Å². The zero-order valence-electron chi connectivity index (χ0n) is 17.4. The lowest BCUT2D eigenvalue weighted by molar-refractivity contribution is 0.101. The number of rotatable bonds is 5. The maximum atomic E-state index is 12.5. The van der Waals surface area contributed by atoms with E-state index in [0.29, 0.717) is 10.9 Å². The summed E-state index contributed by atoms with van der Waals surface area (Å²) in [6, 6.07) is 8.21. The maximum Gasteiger partial charge on any atom is 0.180 e. The van der Waals surface area contributed by atoms with E-state index in [-0.39, 0.29) is 5.25 Å². The largest absolute Gasteiger partial charge is 0.371 e. The lowest BCUT2D eigenvalue weighted by Gasteiger charge is -2.43. The monoisotopic (exact) mass is 392 g/mol. The van der Waals surface area contributed by atoms with E-state index in [0.717, 1.165) is 30.6 Å². The van der Waals surface area contributed by atoms with E-state index in [9.17, 15) is 8.42 Å². The Bertz CT molecular complexity index is 714. The molecule has 1 aromatic carbocycles. The molecular weight excluding hydrogens is 356 g/mol. The molecule has 2 saturated heterocycles. The molecule has 27 heavy (non-hydrogen) atoms. The predicted octanol–water partition coefficient (Wildman–Crippen LogP) is 4.21. The van der Waals surface area contributed by atoms with Crippen molar-refractivity contribution in [3.63, 3.8) is 0 Å². The van der Waals surface area contributed by atoms with Crippen LogP contribution in [0.25, 0.3) is 0 Å². The van der Waals surface area contributed by atoms with E-state index >= 15 is 0 Å². The van der Waals surface area contributed by atoms with E-state index in [2.05, 4.69) is 23.6 Å². The van der Waals surface area contributed by atoms with Gasteiger partial charge in [0.2, 0.25) is 0 Å². The van der Waals surface area contributed by atoms with Crippen molar-refractivity contribution in [3.05, 3.63) is 24.3 Å². The molecule has 0 aromatic heterocycles. The molecule has 0 aliphatic carbocycles. The van der Waals surface area contributed by atoms with E-state index in [4.69, 9.17) is 0 Å². The molecule has 0 atom stereocenters. The Kier molecular flexibility index (Phi) is 6.52. The second-order valence-electron chi connectivity index (χ2n) is 8.93. The molecule has 2 aliphatic rings. The molecule has 2 fully saturated rings. The molecule has 0 unspecified atom stereocenters. The van der Waals surface area contributed by atoms with Crippen molar-refractivity contribution < 1.29 is 8.42 Å². The van der Waals surface area contributed by atoms with Gasteiger partial charge in [0.1, 0.15) is 0 Å². The number of sulfone groups is 1. The topological polar surface area (TPSA) is 40.6 Å². The van der Waals surface area contributed by atoms with Crippen LogP contribution in [-0.2, 0) is 9.84 Å². The standard InChI is InChI=1S/C22H36N2O2S/c1-17(2)19-8-12-23(13-9-19)20-10-14-24(15-11-20)21-6-5-7-22(16-21)27(25,26)18(3)4/h5-7,16-20H,8-15H2,1-4H3. The van der Waals surface area contributed by atoms with Gasteiger partial charge in [-0.15, -0.1) is 0 Å². The highest BCUT2D eigenvalue weighted by Crippen LogP contribution is 2.30. The SMILES string of the molecule is CC(C)C1CCN(C2CCN(c3cccc(S(=O)(=O)C(C)C)c3)CC2)CC1. The molecule has 2 aliphatic heterocycles. The smallest absolute Gasteiger partial charge is 0.180 e. The molecule has 0 bridgehead atoms. The van der Waals surface area contributed by atoms with Crippen molar-refractivity contribution in [3.8, 4) is 0 Å². The Hall–Kier alpha value is -1.07. The van der Waals surface area contributed by atoms with Gasteiger partial charge in [-0.3, -0.25) is 0 Å². The normalized spacial score (nSPS) is 21.3. The van der Waals surface area contributed by atoms with Crippen LogP contribution >= 0.6 is 0 Å². The minimum Gasteiger partial charge on any atom is -0.371 e. The van der Waals surface area contributed by atoms with E-state index in [1.807, 2.05) is 18.2 Å². The molecule has 0 radical (unpaired) electrons. The molecule has 2 heterocycles.